The zero-order valence-electron chi connectivity index (χ0n) is 42.5. The van der Waals surface area contributed by atoms with Crippen molar-refractivity contribution in [2.75, 3.05) is 56.0 Å². The molecule has 0 saturated carbocycles. The maximum atomic E-state index is 14.0. The Morgan fingerprint density at radius 3 is 2.32 bits per heavy atom. The molecule has 8 rings (SSSR count). The van der Waals surface area contributed by atoms with Gasteiger partial charge in [0.25, 0.3) is 0 Å². The van der Waals surface area contributed by atoms with Gasteiger partial charge in [0.1, 0.15) is 24.2 Å². The number of β-amino-alcohol motifs (C(OH)–C–C–N with tert-alkyl or cyclic N) is 1. The van der Waals surface area contributed by atoms with E-state index in [1.807, 2.05) is 80.2 Å². The Kier molecular flexibility index (Phi) is 17.9. The van der Waals surface area contributed by atoms with E-state index in [1.165, 1.54) is 10.6 Å². The van der Waals surface area contributed by atoms with Crippen molar-refractivity contribution in [3.05, 3.63) is 102 Å². The normalized spacial score (nSPS) is 16.7. The van der Waals surface area contributed by atoms with Gasteiger partial charge >= 0.3 is 0 Å². The minimum atomic E-state index is -0.871. The first-order valence-corrected chi connectivity index (χ1v) is 26.5. The molecule has 6 aromatic rings. The summed E-state index contributed by atoms with van der Waals surface area (Å²) in [6.07, 6.45) is 10.2. The fourth-order valence-corrected chi connectivity index (χ4v) is 10.3. The van der Waals surface area contributed by atoms with Crippen molar-refractivity contribution >= 4 is 52.2 Å². The molecule has 4 aromatic heterocycles. The first-order chi connectivity index (χ1) is 35.3. The van der Waals surface area contributed by atoms with Crippen LogP contribution in [0.15, 0.2) is 89.4 Å². The lowest BCUT2D eigenvalue weighted by atomic mass is 9.85. The van der Waals surface area contributed by atoms with Crippen molar-refractivity contribution in [2.24, 2.45) is 5.41 Å². The number of rotatable bonds is 23. The molecule has 388 valence electrons. The van der Waals surface area contributed by atoms with E-state index in [2.05, 4.69) is 75.5 Å². The fraction of sp³-hybridized carbons (Fsp3) is 0.481. The second-order valence-corrected chi connectivity index (χ2v) is 21.1. The summed E-state index contributed by atoms with van der Waals surface area (Å²) in [5.41, 5.74) is 7.97. The summed E-state index contributed by atoms with van der Waals surface area (Å²) in [6, 6.07) is 18.5. The molecule has 0 unspecified atom stereocenters. The molecule has 2 aliphatic heterocycles. The van der Waals surface area contributed by atoms with E-state index in [9.17, 15) is 24.3 Å². The summed E-state index contributed by atoms with van der Waals surface area (Å²) < 4.78 is 7.28. The van der Waals surface area contributed by atoms with Crippen LogP contribution in [-0.4, -0.2) is 127 Å². The average Bonchev–Trinajstić information content (AvgIpc) is 4.24. The summed E-state index contributed by atoms with van der Waals surface area (Å²) in [5, 5.41) is 31.4. The number of fused-ring (bicyclic) bond motifs is 1. The maximum Gasteiger partial charge on any atom is 0.246 e. The highest BCUT2D eigenvalue weighted by Crippen LogP contribution is 2.30. The molecule has 3 atom stereocenters. The number of nitrogens with zero attached hydrogens (tertiary/aromatic N) is 8. The molecule has 2 fully saturated rings. The summed E-state index contributed by atoms with van der Waals surface area (Å²) in [6.45, 7) is 13.8. The summed E-state index contributed by atoms with van der Waals surface area (Å²) in [5.74, 6) is 0.581. The Bertz CT molecular complexity index is 2750. The van der Waals surface area contributed by atoms with Crippen LogP contribution < -0.4 is 26.2 Å². The van der Waals surface area contributed by atoms with Gasteiger partial charge in [0, 0.05) is 82.5 Å². The number of piperazine rings is 1. The smallest absolute Gasteiger partial charge is 0.246 e. The molecule has 4 amide bonds. The van der Waals surface area contributed by atoms with Crippen LogP contribution in [0.3, 0.4) is 0 Å². The lowest BCUT2D eigenvalue weighted by molar-refractivity contribution is -0.144. The van der Waals surface area contributed by atoms with E-state index in [-0.39, 0.29) is 49.6 Å². The molecule has 6 heterocycles. The topological polar surface area (TPSA) is 215 Å². The summed E-state index contributed by atoms with van der Waals surface area (Å²) in [7, 11) is 0. The Morgan fingerprint density at radius 2 is 1.59 bits per heavy atom. The van der Waals surface area contributed by atoms with Crippen molar-refractivity contribution in [3.8, 4) is 21.6 Å². The van der Waals surface area contributed by atoms with Crippen molar-refractivity contribution in [3.63, 3.8) is 0 Å². The minimum Gasteiger partial charge on any atom is -0.467 e. The van der Waals surface area contributed by atoms with Gasteiger partial charge in [0.2, 0.25) is 29.6 Å². The van der Waals surface area contributed by atoms with Crippen LogP contribution in [0.4, 0.5) is 11.6 Å². The number of unbranched alkanes of at least 4 members (excludes halogenated alkanes) is 4. The standard InChI is InChI=1S/C54H70N12O6S/c1-37-48(73-36-59-37)40-17-15-38(16-18-40)31-56-51(70)45-30-42(67)34-65(45)52(71)49(54(2,3)4)61-47(69)14-7-5-6-9-23-55-46(68)13-8-10-24-63-25-27-64(28-26-63)41-21-19-39(20-22-41)44-33-58-53(66-35-60-62-50(44)66)57-32-43-12-11-29-72-43/h11-12,15-22,29,33,35-36,42,45,49,67H,5-10,13-14,23-28,30-32,34H2,1-4H3,(H,55,68)(H,56,70)(H,57,58)(H,61,69)/t42-,45+,49-/m1/s1. The predicted octanol–water partition coefficient (Wildman–Crippen LogP) is 6.60. The Balaban J connectivity index is 0.669. The number of furan rings is 1. The number of thiazole rings is 1. The number of carbonyl (C=O) groups excluding carboxylic acids is 4. The van der Waals surface area contributed by atoms with E-state index in [0.29, 0.717) is 31.9 Å². The van der Waals surface area contributed by atoms with E-state index < -0.39 is 23.6 Å². The third-order valence-electron chi connectivity index (χ3n) is 13.7. The van der Waals surface area contributed by atoms with E-state index in [1.54, 1.807) is 23.9 Å². The average molecular weight is 1020 g/mol. The van der Waals surface area contributed by atoms with Crippen LogP contribution in [0.2, 0.25) is 0 Å². The third-order valence-corrected chi connectivity index (χ3v) is 14.7. The Labute approximate surface area is 431 Å². The number of aliphatic hydroxyl groups is 1. The van der Waals surface area contributed by atoms with Gasteiger partial charge in [-0.2, -0.15) is 0 Å². The molecule has 19 heteroatoms. The van der Waals surface area contributed by atoms with Crippen molar-refractivity contribution < 1.29 is 28.7 Å². The fourth-order valence-electron chi connectivity index (χ4n) is 9.53. The number of likely N-dealkylation sites (tertiary alicyclic amines) is 1. The van der Waals surface area contributed by atoms with Crippen molar-refractivity contribution in [2.45, 2.75) is 117 Å². The van der Waals surface area contributed by atoms with Crippen LogP contribution >= 0.6 is 11.3 Å². The second kappa shape index (κ2) is 24.8. The molecular weight excluding hydrogens is 945 g/mol. The van der Waals surface area contributed by atoms with Gasteiger partial charge in [0.05, 0.1) is 35.0 Å². The zero-order chi connectivity index (χ0) is 51.3. The molecular formula is C54H70N12O6S. The van der Waals surface area contributed by atoms with Gasteiger partial charge < -0.3 is 40.6 Å². The van der Waals surface area contributed by atoms with Crippen LogP contribution in [0, 0.1) is 12.3 Å². The first kappa shape index (κ1) is 52.6. The lowest BCUT2D eigenvalue weighted by Gasteiger charge is -2.36. The number of nitrogens with one attached hydrogen (secondary N) is 4. The quantitative estimate of drug-likeness (QED) is 0.0429. The second-order valence-electron chi connectivity index (χ2n) is 20.2. The molecule has 0 spiro atoms. The molecule has 0 aliphatic carbocycles. The number of aliphatic hydroxyl groups excluding tert-OH is 1. The molecule has 2 aliphatic rings. The highest BCUT2D eigenvalue weighted by atomic mass is 32.1. The Morgan fingerprint density at radius 1 is 0.849 bits per heavy atom. The minimum absolute atomic E-state index is 0.0223. The summed E-state index contributed by atoms with van der Waals surface area (Å²) >= 11 is 1.58. The highest BCUT2D eigenvalue weighted by Gasteiger charge is 2.44. The predicted molar refractivity (Wildman–Crippen MR) is 282 cm³/mol. The maximum absolute atomic E-state index is 14.0. The van der Waals surface area contributed by atoms with Gasteiger partial charge in [-0.1, -0.05) is 70.0 Å². The number of hydrogen-bond acceptors (Lipinski definition) is 14. The number of aryl methyl sites for hydroxylation is 1. The number of benzene rings is 2. The molecule has 0 bridgehead atoms. The number of anilines is 2. The van der Waals surface area contributed by atoms with Crippen LogP contribution in [0.1, 0.15) is 95.6 Å². The first-order valence-electron chi connectivity index (χ1n) is 25.6. The van der Waals surface area contributed by atoms with E-state index in [4.69, 9.17) is 4.42 Å². The van der Waals surface area contributed by atoms with Crippen LogP contribution in [-0.2, 0) is 32.3 Å². The van der Waals surface area contributed by atoms with Gasteiger partial charge in [-0.3, -0.25) is 28.5 Å². The summed E-state index contributed by atoms with van der Waals surface area (Å²) in [4.78, 5) is 69.7. The largest absolute Gasteiger partial charge is 0.467 e. The van der Waals surface area contributed by atoms with Gasteiger partial charge in [-0.05, 0) is 85.5 Å². The number of aromatic nitrogens is 5. The molecule has 2 saturated heterocycles. The van der Waals surface area contributed by atoms with Gasteiger partial charge in [-0.25, -0.2) is 9.97 Å². The van der Waals surface area contributed by atoms with Gasteiger partial charge in [0.15, 0.2) is 5.65 Å². The molecule has 2 aromatic carbocycles. The van der Waals surface area contributed by atoms with Crippen molar-refractivity contribution in [1.82, 2.24) is 50.3 Å². The van der Waals surface area contributed by atoms with E-state index >= 15 is 0 Å². The van der Waals surface area contributed by atoms with Crippen molar-refractivity contribution in [1.29, 1.82) is 0 Å². The number of hydrogen-bond donors (Lipinski definition) is 5. The highest BCUT2D eigenvalue weighted by molar-refractivity contribution is 7.13. The number of amides is 4. The van der Waals surface area contributed by atoms with Crippen LogP contribution in [0.5, 0.6) is 0 Å². The molecule has 5 N–H and O–H groups in total. The lowest BCUT2D eigenvalue weighted by Crippen LogP contribution is -2.57. The number of carbonyl (C=O) groups is 4. The van der Waals surface area contributed by atoms with E-state index in [0.717, 1.165) is 109 Å². The zero-order valence-corrected chi connectivity index (χ0v) is 43.3. The SMILES string of the molecule is Cc1ncsc1-c1ccc(CNC(=O)[C@@H]2C[C@@H](O)CN2C(=O)[C@@H](NC(=O)CCCCCCNC(=O)CCCCN2CCN(c3ccc(-c4cnc(NCc5ccco5)n5cnnc45)cc3)CC2)C(C)(C)C)cc1. The monoisotopic (exact) mass is 1010 g/mol. The molecule has 0 radical (unpaired) electrons. The molecule has 73 heavy (non-hydrogen) atoms. The van der Waals surface area contributed by atoms with Gasteiger partial charge in [-0.15, -0.1) is 21.5 Å². The third kappa shape index (κ3) is 14.1. The Hall–Kier alpha value is -6.70. The van der Waals surface area contributed by atoms with Crippen LogP contribution in [0.25, 0.3) is 27.2 Å². The molecule has 18 nitrogen and oxygen atoms in total.